The molecule has 3 aromatic carbocycles. The van der Waals surface area contributed by atoms with Gasteiger partial charge >= 0.3 is 5.97 Å². The van der Waals surface area contributed by atoms with Crippen molar-refractivity contribution in [1.29, 1.82) is 0 Å². The van der Waals surface area contributed by atoms with Gasteiger partial charge in [-0.2, -0.15) is 0 Å². The number of hydrogen-bond acceptors (Lipinski definition) is 5. The quantitative estimate of drug-likeness (QED) is 0.323. The zero-order valence-corrected chi connectivity index (χ0v) is 20.0. The number of nitrogens with zero attached hydrogens (tertiary/aromatic N) is 2. The monoisotopic (exact) mass is 484 g/mol. The van der Waals surface area contributed by atoms with E-state index in [9.17, 15) is 19.2 Å². The summed E-state index contributed by atoms with van der Waals surface area (Å²) in [5, 5.41) is 0. The van der Waals surface area contributed by atoms with Crippen LogP contribution < -0.4 is 0 Å². The lowest BCUT2D eigenvalue weighted by Crippen LogP contribution is -2.35. The minimum Gasteiger partial charge on any atom is -0.452 e. The zero-order chi connectivity index (χ0) is 25.3. The summed E-state index contributed by atoms with van der Waals surface area (Å²) in [5.41, 5.74) is 3.15. The molecule has 0 spiro atoms. The summed E-state index contributed by atoms with van der Waals surface area (Å²) >= 11 is 0. The molecule has 1 fully saturated rings. The molecule has 0 bridgehead atoms. The average molecular weight is 485 g/mol. The lowest BCUT2D eigenvalue weighted by Gasteiger charge is -2.23. The first-order valence-electron chi connectivity index (χ1n) is 11.9. The van der Waals surface area contributed by atoms with E-state index in [0.29, 0.717) is 25.1 Å². The fourth-order valence-electron chi connectivity index (χ4n) is 4.03. The van der Waals surface area contributed by atoms with E-state index in [1.807, 2.05) is 60.7 Å². The first-order chi connectivity index (χ1) is 17.5. The van der Waals surface area contributed by atoms with Gasteiger partial charge in [0.2, 0.25) is 11.8 Å². The number of rotatable bonds is 10. The molecular formula is C29H28N2O5. The van der Waals surface area contributed by atoms with Gasteiger partial charge in [-0.15, -0.1) is 0 Å². The van der Waals surface area contributed by atoms with E-state index in [0.717, 1.165) is 16.7 Å². The van der Waals surface area contributed by atoms with Crippen LogP contribution in [0.25, 0.3) is 0 Å². The largest absolute Gasteiger partial charge is 0.452 e. The summed E-state index contributed by atoms with van der Waals surface area (Å²) in [6.07, 6.45) is 1.17. The third-order valence-corrected chi connectivity index (χ3v) is 6.09. The molecule has 0 N–H and O–H groups in total. The fraction of sp³-hybridized carbons (Fsp3) is 0.241. The molecule has 1 saturated heterocycles. The number of esters is 1. The lowest BCUT2D eigenvalue weighted by atomic mass is 10.1. The van der Waals surface area contributed by atoms with E-state index in [2.05, 4.69) is 0 Å². The zero-order valence-electron chi connectivity index (χ0n) is 20.0. The third kappa shape index (κ3) is 6.66. The molecule has 0 radical (unpaired) electrons. The molecule has 4 rings (SSSR count). The minimum atomic E-state index is -0.606. The van der Waals surface area contributed by atoms with Gasteiger partial charge in [0.05, 0.1) is 12.1 Å². The molecular weight excluding hydrogens is 456 g/mol. The molecule has 3 aromatic rings. The molecule has 1 heterocycles. The second kappa shape index (κ2) is 11.9. The SMILES string of the molecule is O=C(OCC(=O)N(CCc1ccccc1)Cc1ccccc1)c1ccc(CN2C(=O)CCC2=O)cc1. The van der Waals surface area contributed by atoms with Crippen LogP contribution in [-0.2, 0) is 38.6 Å². The lowest BCUT2D eigenvalue weighted by molar-refractivity contribution is -0.139. The molecule has 0 unspecified atom stereocenters. The first kappa shape index (κ1) is 24.9. The molecule has 0 aromatic heterocycles. The van der Waals surface area contributed by atoms with E-state index < -0.39 is 5.97 Å². The van der Waals surface area contributed by atoms with E-state index in [-0.39, 0.29) is 43.7 Å². The number of carbonyl (C=O) groups is 4. The topological polar surface area (TPSA) is 84.0 Å². The van der Waals surface area contributed by atoms with Crippen molar-refractivity contribution in [2.24, 2.45) is 0 Å². The minimum absolute atomic E-state index is 0.182. The van der Waals surface area contributed by atoms with Crippen molar-refractivity contribution in [2.75, 3.05) is 13.2 Å². The van der Waals surface area contributed by atoms with E-state index in [4.69, 9.17) is 4.74 Å². The van der Waals surface area contributed by atoms with Crippen LogP contribution >= 0.6 is 0 Å². The van der Waals surface area contributed by atoms with E-state index >= 15 is 0 Å². The highest BCUT2D eigenvalue weighted by Crippen LogP contribution is 2.16. The highest BCUT2D eigenvalue weighted by Gasteiger charge is 2.28. The van der Waals surface area contributed by atoms with Crippen molar-refractivity contribution in [3.8, 4) is 0 Å². The summed E-state index contributed by atoms with van der Waals surface area (Å²) in [6.45, 7) is 0.741. The van der Waals surface area contributed by atoms with Crippen molar-refractivity contribution in [3.63, 3.8) is 0 Å². The van der Waals surface area contributed by atoms with Gasteiger partial charge < -0.3 is 9.64 Å². The van der Waals surface area contributed by atoms with Crippen LogP contribution in [0.4, 0.5) is 0 Å². The molecule has 36 heavy (non-hydrogen) atoms. The van der Waals surface area contributed by atoms with Crippen molar-refractivity contribution in [1.82, 2.24) is 9.80 Å². The van der Waals surface area contributed by atoms with Gasteiger partial charge in [-0.1, -0.05) is 72.8 Å². The molecule has 1 aliphatic heterocycles. The number of amides is 3. The Morgan fingerprint density at radius 3 is 1.94 bits per heavy atom. The number of hydrogen-bond donors (Lipinski definition) is 0. The second-order valence-corrected chi connectivity index (χ2v) is 8.68. The Labute approximate surface area is 210 Å². The molecule has 3 amide bonds. The Balaban J connectivity index is 1.34. The van der Waals surface area contributed by atoms with Gasteiger partial charge in [0.1, 0.15) is 0 Å². The highest BCUT2D eigenvalue weighted by molar-refractivity contribution is 6.01. The maximum absolute atomic E-state index is 13.0. The predicted molar refractivity (Wildman–Crippen MR) is 134 cm³/mol. The molecule has 0 aliphatic carbocycles. The highest BCUT2D eigenvalue weighted by atomic mass is 16.5. The van der Waals surface area contributed by atoms with Crippen LogP contribution in [-0.4, -0.2) is 46.6 Å². The standard InChI is InChI=1S/C29H28N2O5/c32-26-15-16-27(33)31(26)20-24-11-13-25(14-12-24)29(35)36-21-28(34)30(19-23-9-5-2-6-10-23)18-17-22-7-3-1-4-8-22/h1-14H,15-21H2. The Kier molecular flexibility index (Phi) is 8.24. The summed E-state index contributed by atoms with van der Waals surface area (Å²) in [4.78, 5) is 52.1. The number of benzene rings is 3. The number of carbonyl (C=O) groups excluding carboxylic acids is 4. The Bertz CT molecular complexity index is 1190. The predicted octanol–water partition coefficient (Wildman–Crippen LogP) is 3.76. The van der Waals surface area contributed by atoms with Crippen molar-refractivity contribution in [2.45, 2.75) is 32.4 Å². The summed E-state index contributed by atoms with van der Waals surface area (Å²) in [7, 11) is 0. The Morgan fingerprint density at radius 2 is 1.33 bits per heavy atom. The van der Waals surface area contributed by atoms with Crippen molar-refractivity contribution < 1.29 is 23.9 Å². The normalized spacial score (nSPS) is 13.1. The molecule has 0 saturated carbocycles. The van der Waals surface area contributed by atoms with Crippen molar-refractivity contribution >= 4 is 23.7 Å². The maximum Gasteiger partial charge on any atom is 0.338 e. The molecule has 7 nitrogen and oxygen atoms in total. The molecule has 7 heteroatoms. The summed E-state index contributed by atoms with van der Waals surface area (Å²) in [6, 6.07) is 26.1. The van der Waals surface area contributed by atoms with Gasteiger partial charge in [-0.3, -0.25) is 19.3 Å². The molecule has 0 atom stereocenters. The van der Waals surface area contributed by atoms with Crippen LogP contribution in [0.1, 0.15) is 39.9 Å². The van der Waals surface area contributed by atoms with Crippen molar-refractivity contribution in [3.05, 3.63) is 107 Å². The van der Waals surface area contributed by atoms with E-state index in [1.54, 1.807) is 29.2 Å². The third-order valence-electron chi connectivity index (χ3n) is 6.09. The van der Waals surface area contributed by atoms with Gasteiger partial charge in [-0.05, 0) is 35.2 Å². The summed E-state index contributed by atoms with van der Waals surface area (Å²) in [5.74, 6) is -1.25. The van der Waals surface area contributed by atoms with Gasteiger partial charge in [0.25, 0.3) is 5.91 Å². The Morgan fingerprint density at radius 1 is 0.750 bits per heavy atom. The second-order valence-electron chi connectivity index (χ2n) is 8.68. The van der Waals surface area contributed by atoms with Gasteiger partial charge in [0, 0.05) is 25.9 Å². The van der Waals surface area contributed by atoms with E-state index in [1.165, 1.54) is 4.90 Å². The van der Waals surface area contributed by atoms with Crippen LogP contribution in [0.2, 0.25) is 0 Å². The van der Waals surface area contributed by atoms with Crippen LogP contribution in [0.15, 0.2) is 84.9 Å². The van der Waals surface area contributed by atoms with Crippen LogP contribution in [0, 0.1) is 0 Å². The Hall–Kier alpha value is -4.26. The molecule has 184 valence electrons. The number of ether oxygens (including phenoxy) is 1. The number of likely N-dealkylation sites (tertiary alicyclic amines) is 1. The van der Waals surface area contributed by atoms with Gasteiger partial charge in [0.15, 0.2) is 6.61 Å². The average Bonchev–Trinajstić information content (AvgIpc) is 3.23. The molecule has 1 aliphatic rings. The number of imide groups is 1. The van der Waals surface area contributed by atoms with Gasteiger partial charge in [-0.25, -0.2) is 4.79 Å². The smallest absolute Gasteiger partial charge is 0.338 e. The first-order valence-corrected chi connectivity index (χ1v) is 11.9. The maximum atomic E-state index is 13.0. The van der Waals surface area contributed by atoms with Crippen LogP contribution in [0.5, 0.6) is 0 Å². The summed E-state index contributed by atoms with van der Waals surface area (Å²) < 4.78 is 5.32. The fourth-order valence-corrected chi connectivity index (χ4v) is 4.03. The van der Waals surface area contributed by atoms with Crippen LogP contribution in [0.3, 0.4) is 0 Å².